The maximum Gasteiger partial charge on any atom is 0.155 e. The van der Waals surface area contributed by atoms with Gasteiger partial charge in [0.15, 0.2) is 11.5 Å². The number of hydrogen-bond donors (Lipinski definition) is 1. The molecule has 2 aromatic rings. The summed E-state index contributed by atoms with van der Waals surface area (Å²) in [4.78, 5) is 4.58. The molecule has 0 spiro atoms. The van der Waals surface area contributed by atoms with Crippen molar-refractivity contribution in [2.75, 3.05) is 11.5 Å². The maximum absolute atomic E-state index is 5.63. The molecule has 18 heavy (non-hydrogen) atoms. The molecule has 2 N–H and O–H groups in total. The molecule has 0 aliphatic carbocycles. The van der Waals surface area contributed by atoms with Crippen LogP contribution in [0.4, 0.5) is 0 Å². The SMILES string of the molecule is NCc1ccc2nc(CC3CCCSC3)nn2c1. The van der Waals surface area contributed by atoms with Gasteiger partial charge in [0.05, 0.1) is 0 Å². The number of nitrogens with two attached hydrogens (primary N) is 1. The van der Waals surface area contributed by atoms with Crippen LogP contribution < -0.4 is 5.73 Å². The topological polar surface area (TPSA) is 56.2 Å². The van der Waals surface area contributed by atoms with E-state index in [1.807, 2.05) is 22.8 Å². The molecule has 0 radical (unpaired) electrons. The van der Waals surface area contributed by atoms with E-state index in [0.717, 1.165) is 29.4 Å². The molecule has 4 nitrogen and oxygen atoms in total. The molecule has 0 aromatic carbocycles. The first-order chi connectivity index (χ1) is 8.85. The lowest BCUT2D eigenvalue weighted by molar-refractivity contribution is 0.508. The second kappa shape index (κ2) is 5.28. The van der Waals surface area contributed by atoms with Gasteiger partial charge >= 0.3 is 0 Å². The minimum Gasteiger partial charge on any atom is -0.326 e. The van der Waals surface area contributed by atoms with Crippen molar-refractivity contribution in [1.82, 2.24) is 14.6 Å². The predicted molar refractivity (Wildman–Crippen MR) is 74.6 cm³/mol. The van der Waals surface area contributed by atoms with Crippen molar-refractivity contribution < 1.29 is 0 Å². The predicted octanol–water partition coefficient (Wildman–Crippen LogP) is 1.87. The van der Waals surface area contributed by atoms with Crippen LogP contribution in [-0.2, 0) is 13.0 Å². The fourth-order valence-corrected chi connectivity index (χ4v) is 3.56. The number of hydrogen-bond acceptors (Lipinski definition) is 4. The van der Waals surface area contributed by atoms with E-state index in [1.54, 1.807) is 0 Å². The highest BCUT2D eigenvalue weighted by Gasteiger charge is 2.16. The van der Waals surface area contributed by atoms with Crippen molar-refractivity contribution >= 4 is 17.4 Å². The van der Waals surface area contributed by atoms with E-state index in [4.69, 9.17) is 5.73 Å². The third kappa shape index (κ3) is 2.52. The van der Waals surface area contributed by atoms with Crippen LogP contribution in [0, 0.1) is 5.92 Å². The van der Waals surface area contributed by atoms with E-state index in [2.05, 4.69) is 21.8 Å². The maximum atomic E-state index is 5.63. The van der Waals surface area contributed by atoms with Gasteiger partial charge in [-0.1, -0.05) is 6.07 Å². The second-order valence-electron chi connectivity index (χ2n) is 4.86. The Balaban J connectivity index is 1.79. The Morgan fingerprint density at radius 1 is 1.44 bits per heavy atom. The van der Waals surface area contributed by atoms with Crippen LogP contribution >= 0.6 is 11.8 Å². The van der Waals surface area contributed by atoms with Crippen molar-refractivity contribution in [2.24, 2.45) is 11.7 Å². The molecule has 1 aliphatic heterocycles. The summed E-state index contributed by atoms with van der Waals surface area (Å²) < 4.78 is 1.85. The number of pyridine rings is 1. The van der Waals surface area contributed by atoms with Gasteiger partial charge in [0.1, 0.15) is 0 Å². The Hall–Kier alpha value is -1.07. The molecule has 3 heterocycles. The molecule has 3 rings (SSSR count). The summed E-state index contributed by atoms with van der Waals surface area (Å²) in [7, 11) is 0. The Morgan fingerprint density at radius 3 is 3.17 bits per heavy atom. The van der Waals surface area contributed by atoms with Crippen molar-refractivity contribution in [3.05, 3.63) is 29.7 Å². The number of nitrogens with zero attached hydrogens (tertiary/aromatic N) is 3. The van der Waals surface area contributed by atoms with Crippen molar-refractivity contribution in [3.8, 4) is 0 Å². The summed E-state index contributed by atoms with van der Waals surface area (Å²) in [5.74, 6) is 4.28. The van der Waals surface area contributed by atoms with Gasteiger partial charge < -0.3 is 5.73 Å². The van der Waals surface area contributed by atoms with Gasteiger partial charge in [0, 0.05) is 19.2 Å². The monoisotopic (exact) mass is 262 g/mol. The largest absolute Gasteiger partial charge is 0.326 e. The molecule has 1 fully saturated rings. The average molecular weight is 262 g/mol. The zero-order valence-electron chi connectivity index (χ0n) is 10.4. The lowest BCUT2D eigenvalue weighted by atomic mass is 10.0. The van der Waals surface area contributed by atoms with Gasteiger partial charge in [0.2, 0.25) is 0 Å². The molecular weight excluding hydrogens is 244 g/mol. The summed E-state index contributed by atoms with van der Waals surface area (Å²) in [6, 6.07) is 4.01. The van der Waals surface area contributed by atoms with Gasteiger partial charge in [-0.15, -0.1) is 0 Å². The fraction of sp³-hybridized carbons (Fsp3) is 0.538. The zero-order valence-corrected chi connectivity index (χ0v) is 11.2. The Kier molecular flexibility index (Phi) is 3.52. The van der Waals surface area contributed by atoms with Crippen LogP contribution in [0.25, 0.3) is 5.65 Å². The minimum absolute atomic E-state index is 0.546. The standard InChI is InChI=1S/C13H18N4S/c14-7-11-3-4-13-15-12(16-17(13)8-11)6-10-2-1-5-18-9-10/h3-4,8,10H,1-2,5-7,9,14H2. The van der Waals surface area contributed by atoms with Gasteiger partial charge in [-0.05, 0) is 41.9 Å². The van der Waals surface area contributed by atoms with Crippen LogP contribution in [0.5, 0.6) is 0 Å². The van der Waals surface area contributed by atoms with E-state index in [9.17, 15) is 0 Å². The van der Waals surface area contributed by atoms with Crippen LogP contribution in [0.1, 0.15) is 24.2 Å². The first-order valence-electron chi connectivity index (χ1n) is 6.47. The van der Waals surface area contributed by atoms with Gasteiger partial charge in [-0.25, -0.2) is 9.50 Å². The van der Waals surface area contributed by atoms with E-state index in [-0.39, 0.29) is 0 Å². The molecule has 5 heteroatoms. The molecule has 0 bridgehead atoms. The highest BCUT2D eigenvalue weighted by molar-refractivity contribution is 7.99. The molecule has 1 atom stereocenters. The second-order valence-corrected chi connectivity index (χ2v) is 6.01. The summed E-state index contributed by atoms with van der Waals surface area (Å²) in [5, 5.41) is 4.56. The number of fused-ring (bicyclic) bond motifs is 1. The molecule has 0 saturated carbocycles. The molecular formula is C13H18N4S. The smallest absolute Gasteiger partial charge is 0.155 e. The van der Waals surface area contributed by atoms with Crippen molar-refractivity contribution in [3.63, 3.8) is 0 Å². The van der Waals surface area contributed by atoms with E-state index in [1.165, 1.54) is 24.3 Å². The van der Waals surface area contributed by atoms with Gasteiger partial charge in [-0.3, -0.25) is 0 Å². The van der Waals surface area contributed by atoms with Crippen LogP contribution in [0.3, 0.4) is 0 Å². The first kappa shape index (κ1) is 12.0. The molecule has 2 aromatic heterocycles. The highest BCUT2D eigenvalue weighted by Crippen LogP contribution is 2.24. The third-order valence-corrected chi connectivity index (χ3v) is 4.68. The highest BCUT2D eigenvalue weighted by atomic mass is 32.2. The van der Waals surface area contributed by atoms with E-state index < -0.39 is 0 Å². The van der Waals surface area contributed by atoms with Crippen molar-refractivity contribution in [1.29, 1.82) is 0 Å². The van der Waals surface area contributed by atoms with Gasteiger partial charge in [-0.2, -0.15) is 16.9 Å². The van der Waals surface area contributed by atoms with Crippen LogP contribution in [0.2, 0.25) is 0 Å². The first-order valence-corrected chi connectivity index (χ1v) is 7.62. The molecule has 1 saturated heterocycles. The number of thioether (sulfide) groups is 1. The summed E-state index contributed by atoms with van der Waals surface area (Å²) in [6.07, 6.45) is 5.63. The Bertz CT molecular complexity index is 531. The van der Waals surface area contributed by atoms with Crippen LogP contribution in [0.15, 0.2) is 18.3 Å². The normalized spacial score (nSPS) is 20.4. The number of rotatable bonds is 3. The lowest BCUT2D eigenvalue weighted by Crippen LogP contribution is -2.14. The molecule has 96 valence electrons. The third-order valence-electron chi connectivity index (χ3n) is 3.40. The van der Waals surface area contributed by atoms with Gasteiger partial charge in [0.25, 0.3) is 0 Å². The van der Waals surface area contributed by atoms with Crippen molar-refractivity contribution in [2.45, 2.75) is 25.8 Å². The fourth-order valence-electron chi connectivity index (χ4n) is 2.41. The quantitative estimate of drug-likeness (QED) is 0.917. The molecule has 1 aliphatic rings. The molecule has 1 unspecified atom stereocenters. The Labute approximate surface area is 111 Å². The Morgan fingerprint density at radius 2 is 2.39 bits per heavy atom. The summed E-state index contributed by atoms with van der Waals surface area (Å²) >= 11 is 2.06. The summed E-state index contributed by atoms with van der Waals surface area (Å²) in [6.45, 7) is 0.546. The average Bonchev–Trinajstić information content (AvgIpc) is 2.80. The summed E-state index contributed by atoms with van der Waals surface area (Å²) in [5.41, 5.74) is 7.64. The van der Waals surface area contributed by atoms with E-state index in [0.29, 0.717) is 6.54 Å². The number of aromatic nitrogens is 3. The minimum atomic E-state index is 0.546. The lowest BCUT2D eigenvalue weighted by Gasteiger charge is -2.19. The molecule has 0 amide bonds. The zero-order chi connectivity index (χ0) is 12.4. The van der Waals surface area contributed by atoms with E-state index >= 15 is 0 Å². The van der Waals surface area contributed by atoms with Crippen LogP contribution in [-0.4, -0.2) is 26.1 Å².